The number of amides is 2. The molecule has 1 saturated heterocycles. The van der Waals surface area contributed by atoms with Crippen LogP contribution in [0.1, 0.15) is 40.5 Å². The smallest absolute Gasteiger partial charge is 0.228 e. The molecule has 0 radical (unpaired) electrons. The average molecular weight is 306 g/mol. The Morgan fingerprint density at radius 3 is 1.95 bits per heavy atom. The Balaban J connectivity index is 0.00000361. The van der Waals surface area contributed by atoms with Crippen LogP contribution in [0, 0.1) is 5.41 Å². The lowest BCUT2D eigenvalue weighted by Crippen LogP contribution is -2.53. The quantitative estimate of drug-likeness (QED) is 0.853. The third-order valence-corrected chi connectivity index (χ3v) is 3.37. The molecule has 0 aromatic rings. The van der Waals surface area contributed by atoms with Crippen molar-refractivity contribution in [2.75, 3.05) is 26.2 Å². The number of nitrogens with two attached hydrogens (primary N) is 1. The van der Waals surface area contributed by atoms with E-state index in [4.69, 9.17) is 5.73 Å². The van der Waals surface area contributed by atoms with Gasteiger partial charge in [0, 0.05) is 44.1 Å². The molecule has 0 aromatic heterocycles. The molecule has 1 atom stereocenters. The first-order valence-corrected chi connectivity index (χ1v) is 7.04. The molecule has 0 aliphatic carbocycles. The highest BCUT2D eigenvalue weighted by atomic mass is 35.5. The van der Waals surface area contributed by atoms with Crippen molar-refractivity contribution in [1.82, 2.24) is 9.80 Å². The van der Waals surface area contributed by atoms with Crippen LogP contribution < -0.4 is 5.73 Å². The fourth-order valence-electron chi connectivity index (χ4n) is 2.14. The minimum absolute atomic E-state index is 0. The molecule has 5 nitrogen and oxygen atoms in total. The number of rotatable bonds is 3. The highest BCUT2D eigenvalue weighted by molar-refractivity contribution is 5.85. The van der Waals surface area contributed by atoms with Gasteiger partial charge < -0.3 is 15.5 Å². The topological polar surface area (TPSA) is 66.6 Å². The van der Waals surface area contributed by atoms with Crippen molar-refractivity contribution in [3.05, 3.63) is 0 Å². The van der Waals surface area contributed by atoms with Gasteiger partial charge in [0.15, 0.2) is 0 Å². The van der Waals surface area contributed by atoms with Crippen molar-refractivity contribution < 1.29 is 9.59 Å². The van der Waals surface area contributed by atoms with E-state index in [-0.39, 0.29) is 35.7 Å². The van der Waals surface area contributed by atoms with Gasteiger partial charge in [0.2, 0.25) is 11.8 Å². The lowest BCUT2D eigenvalue weighted by molar-refractivity contribution is -0.145. The minimum atomic E-state index is -0.346. The fourth-order valence-corrected chi connectivity index (χ4v) is 2.14. The largest absolute Gasteiger partial charge is 0.339 e. The summed E-state index contributed by atoms with van der Waals surface area (Å²) in [7, 11) is 0. The monoisotopic (exact) mass is 305 g/mol. The Morgan fingerprint density at radius 1 is 1.10 bits per heavy atom. The van der Waals surface area contributed by atoms with Crippen LogP contribution >= 0.6 is 12.4 Å². The predicted octanol–water partition coefficient (Wildman–Crippen LogP) is 1.25. The van der Waals surface area contributed by atoms with E-state index < -0.39 is 0 Å². The van der Waals surface area contributed by atoms with Crippen molar-refractivity contribution in [2.45, 2.75) is 46.6 Å². The van der Waals surface area contributed by atoms with Crippen LogP contribution in [0.2, 0.25) is 0 Å². The van der Waals surface area contributed by atoms with Gasteiger partial charge in [-0.3, -0.25) is 9.59 Å². The molecule has 0 bridgehead atoms. The molecule has 1 fully saturated rings. The number of piperazine rings is 1. The zero-order chi connectivity index (χ0) is 14.6. The average Bonchev–Trinajstić information content (AvgIpc) is 2.34. The molecule has 6 heteroatoms. The second-order valence-corrected chi connectivity index (χ2v) is 6.44. The third kappa shape index (κ3) is 5.67. The maximum atomic E-state index is 12.1. The normalized spacial score (nSPS) is 17.4. The van der Waals surface area contributed by atoms with E-state index in [9.17, 15) is 9.59 Å². The second-order valence-electron chi connectivity index (χ2n) is 6.44. The molecule has 1 aliphatic rings. The summed E-state index contributed by atoms with van der Waals surface area (Å²) in [6.07, 6.45) is 1.23. The standard InChI is InChI=1S/C14H27N3O2.ClH/c1-11(15)5-6-12(18)16-7-9-17(10-8-16)13(19)14(2,3)4;/h11H,5-10,15H2,1-4H3;1H. The van der Waals surface area contributed by atoms with E-state index in [1.165, 1.54) is 0 Å². The van der Waals surface area contributed by atoms with Crippen molar-refractivity contribution in [3.8, 4) is 0 Å². The van der Waals surface area contributed by atoms with Crippen LogP contribution in [0.5, 0.6) is 0 Å². The van der Waals surface area contributed by atoms with Gasteiger partial charge >= 0.3 is 0 Å². The minimum Gasteiger partial charge on any atom is -0.339 e. The molecule has 0 spiro atoms. The maximum Gasteiger partial charge on any atom is 0.228 e. The molecule has 0 saturated carbocycles. The summed E-state index contributed by atoms with van der Waals surface area (Å²) in [4.78, 5) is 27.8. The highest BCUT2D eigenvalue weighted by Crippen LogP contribution is 2.18. The summed E-state index contributed by atoms with van der Waals surface area (Å²) in [6, 6.07) is 0.0627. The van der Waals surface area contributed by atoms with Gasteiger partial charge in [0.1, 0.15) is 0 Å². The Kier molecular flexibility index (Phi) is 7.52. The molecule has 1 unspecified atom stereocenters. The van der Waals surface area contributed by atoms with Gasteiger partial charge in [-0.15, -0.1) is 12.4 Å². The van der Waals surface area contributed by atoms with E-state index in [0.717, 1.165) is 6.42 Å². The van der Waals surface area contributed by atoms with Gasteiger partial charge in [-0.1, -0.05) is 20.8 Å². The van der Waals surface area contributed by atoms with E-state index in [1.807, 2.05) is 37.5 Å². The predicted molar refractivity (Wildman–Crippen MR) is 82.7 cm³/mol. The van der Waals surface area contributed by atoms with E-state index in [1.54, 1.807) is 0 Å². The van der Waals surface area contributed by atoms with Crippen LogP contribution in [0.4, 0.5) is 0 Å². The molecule has 1 aliphatic heterocycles. The molecule has 1 heterocycles. The van der Waals surface area contributed by atoms with Crippen molar-refractivity contribution in [2.24, 2.45) is 11.1 Å². The van der Waals surface area contributed by atoms with Crippen LogP contribution in [-0.2, 0) is 9.59 Å². The summed E-state index contributed by atoms with van der Waals surface area (Å²) in [5.74, 6) is 0.315. The zero-order valence-electron chi connectivity index (χ0n) is 13.0. The van der Waals surface area contributed by atoms with Crippen LogP contribution in [0.3, 0.4) is 0 Å². The summed E-state index contributed by atoms with van der Waals surface area (Å²) in [5, 5.41) is 0. The van der Waals surface area contributed by atoms with E-state index in [0.29, 0.717) is 32.6 Å². The molecule has 20 heavy (non-hydrogen) atoms. The first-order chi connectivity index (χ1) is 8.71. The lowest BCUT2D eigenvalue weighted by Gasteiger charge is -2.37. The summed E-state index contributed by atoms with van der Waals surface area (Å²) in [5.41, 5.74) is 5.31. The molecule has 2 amide bonds. The SMILES string of the molecule is CC(N)CCC(=O)N1CCN(C(=O)C(C)(C)C)CC1.Cl. The van der Waals surface area contributed by atoms with Gasteiger partial charge in [-0.25, -0.2) is 0 Å². The van der Waals surface area contributed by atoms with E-state index in [2.05, 4.69) is 0 Å². The van der Waals surface area contributed by atoms with E-state index >= 15 is 0 Å². The number of hydrogen-bond acceptors (Lipinski definition) is 3. The molecule has 118 valence electrons. The Bertz CT molecular complexity index is 332. The summed E-state index contributed by atoms with van der Waals surface area (Å²) < 4.78 is 0. The fraction of sp³-hybridized carbons (Fsp3) is 0.857. The number of halogens is 1. The number of carbonyl (C=O) groups excluding carboxylic acids is 2. The van der Waals surface area contributed by atoms with Gasteiger partial charge in [-0.2, -0.15) is 0 Å². The van der Waals surface area contributed by atoms with Gasteiger partial charge in [-0.05, 0) is 13.3 Å². The van der Waals surface area contributed by atoms with Crippen LogP contribution in [-0.4, -0.2) is 53.8 Å². The Labute approximate surface area is 128 Å². The molecular weight excluding hydrogens is 278 g/mol. The maximum absolute atomic E-state index is 12.1. The zero-order valence-corrected chi connectivity index (χ0v) is 13.8. The number of nitrogens with zero attached hydrogens (tertiary/aromatic N) is 2. The molecule has 1 rings (SSSR count). The Hall–Kier alpha value is -0.810. The van der Waals surface area contributed by atoms with Crippen molar-refractivity contribution in [1.29, 1.82) is 0 Å². The van der Waals surface area contributed by atoms with Crippen LogP contribution in [0.25, 0.3) is 0 Å². The molecular formula is C14H28ClN3O2. The third-order valence-electron chi connectivity index (χ3n) is 3.37. The summed E-state index contributed by atoms with van der Waals surface area (Å²) in [6.45, 7) is 10.2. The molecule has 0 aromatic carbocycles. The van der Waals surface area contributed by atoms with Crippen LogP contribution in [0.15, 0.2) is 0 Å². The lowest BCUT2D eigenvalue weighted by atomic mass is 9.94. The highest BCUT2D eigenvalue weighted by Gasteiger charge is 2.30. The molecule has 2 N–H and O–H groups in total. The summed E-state index contributed by atoms with van der Waals surface area (Å²) >= 11 is 0. The van der Waals surface area contributed by atoms with Gasteiger partial charge in [0.25, 0.3) is 0 Å². The van der Waals surface area contributed by atoms with Gasteiger partial charge in [0.05, 0.1) is 0 Å². The number of carbonyl (C=O) groups is 2. The second kappa shape index (κ2) is 7.84. The van der Waals surface area contributed by atoms with Crippen molar-refractivity contribution in [3.63, 3.8) is 0 Å². The van der Waals surface area contributed by atoms with Crippen molar-refractivity contribution >= 4 is 24.2 Å². The first kappa shape index (κ1) is 19.2. The number of hydrogen-bond donors (Lipinski definition) is 1. The Morgan fingerprint density at radius 2 is 1.55 bits per heavy atom. The first-order valence-electron chi connectivity index (χ1n) is 7.04.